The summed E-state index contributed by atoms with van der Waals surface area (Å²) in [5.41, 5.74) is 0.545. The lowest BCUT2D eigenvalue weighted by Crippen LogP contribution is -2.43. The molecule has 0 saturated carbocycles. The number of hydrogen-bond donors (Lipinski definition) is 0. The van der Waals surface area contributed by atoms with E-state index >= 15 is 0 Å². The van der Waals surface area contributed by atoms with Gasteiger partial charge in [0.25, 0.3) is 0 Å². The molecule has 1 heterocycles. The first-order chi connectivity index (χ1) is 7.27. The number of rotatable bonds is 3. The molecule has 1 saturated heterocycles. The van der Waals surface area contributed by atoms with Crippen LogP contribution in [0.25, 0.3) is 0 Å². The first-order valence-corrected chi connectivity index (χ1v) is 4.89. The lowest BCUT2D eigenvalue weighted by atomic mass is 10.2. The molecule has 1 unspecified atom stereocenters. The molecule has 0 radical (unpaired) electrons. The van der Waals surface area contributed by atoms with Gasteiger partial charge in [-0.2, -0.15) is 0 Å². The Morgan fingerprint density at radius 1 is 1.47 bits per heavy atom. The minimum Gasteiger partial charge on any atom is -0.362 e. The van der Waals surface area contributed by atoms with Crippen LogP contribution in [0.1, 0.15) is 16.8 Å². The van der Waals surface area contributed by atoms with Gasteiger partial charge in [0.2, 0.25) is 0 Å². The Labute approximate surface area is 88.4 Å². The summed E-state index contributed by atoms with van der Waals surface area (Å²) in [6, 6.07) is 8.90. The third-order valence-corrected chi connectivity index (χ3v) is 2.32. The SMILES string of the molecule is CN(OC(=O)c1ccccc1)C1CCO1. The van der Waals surface area contributed by atoms with Crippen molar-refractivity contribution >= 4 is 5.97 Å². The molecule has 1 fully saturated rings. The van der Waals surface area contributed by atoms with E-state index in [9.17, 15) is 4.79 Å². The largest absolute Gasteiger partial charge is 0.362 e. The highest BCUT2D eigenvalue weighted by molar-refractivity contribution is 5.89. The van der Waals surface area contributed by atoms with Gasteiger partial charge in [-0.05, 0) is 12.1 Å². The summed E-state index contributed by atoms with van der Waals surface area (Å²) in [4.78, 5) is 16.7. The van der Waals surface area contributed by atoms with Crippen molar-refractivity contribution in [3.05, 3.63) is 35.9 Å². The van der Waals surface area contributed by atoms with E-state index in [2.05, 4.69) is 0 Å². The van der Waals surface area contributed by atoms with Crippen LogP contribution >= 0.6 is 0 Å². The van der Waals surface area contributed by atoms with E-state index in [4.69, 9.17) is 9.57 Å². The second-order valence-corrected chi connectivity index (χ2v) is 3.41. The Bertz CT molecular complexity index is 335. The van der Waals surface area contributed by atoms with Crippen LogP contribution in [0.5, 0.6) is 0 Å². The van der Waals surface area contributed by atoms with E-state index in [0.29, 0.717) is 5.56 Å². The molecule has 1 aromatic rings. The molecule has 0 aliphatic carbocycles. The minimum absolute atomic E-state index is 0.0855. The highest BCUT2D eigenvalue weighted by Crippen LogP contribution is 2.15. The fourth-order valence-corrected chi connectivity index (χ4v) is 1.33. The number of ether oxygens (including phenoxy) is 1. The molecular formula is C11H13NO3. The second-order valence-electron chi connectivity index (χ2n) is 3.41. The Hall–Kier alpha value is -1.39. The summed E-state index contributed by atoms with van der Waals surface area (Å²) in [6.45, 7) is 0.734. The first-order valence-electron chi connectivity index (χ1n) is 4.89. The van der Waals surface area contributed by atoms with Crippen LogP contribution in [0.4, 0.5) is 0 Å². The molecule has 0 spiro atoms. The molecule has 1 atom stereocenters. The molecule has 4 nitrogen and oxygen atoms in total. The Kier molecular flexibility index (Phi) is 2.99. The highest BCUT2D eigenvalue weighted by atomic mass is 16.7. The van der Waals surface area contributed by atoms with E-state index in [0.717, 1.165) is 13.0 Å². The van der Waals surface area contributed by atoms with Crippen LogP contribution in [-0.4, -0.2) is 30.9 Å². The molecule has 1 aromatic carbocycles. The molecule has 2 rings (SSSR count). The number of carbonyl (C=O) groups excluding carboxylic acids is 1. The quantitative estimate of drug-likeness (QED) is 0.703. The average molecular weight is 207 g/mol. The highest BCUT2D eigenvalue weighted by Gasteiger charge is 2.26. The van der Waals surface area contributed by atoms with Gasteiger partial charge >= 0.3 is 5.97 Å². The van der Waals surface area contributed by atoms with Gasteiger partial charge in [0.1, 0.15) is 6.23 Å². The number of hydrogen-bond acceptors (Lipinski definition) is 4. The monoisotopic (exact) mass is 207 g/mol. The van der Waals surface area contributed by atoms with Gasteiger partial charge in [-0.1, -0.05) is 18.2 Å². The van der Waals surface area contributed by atoms with Gasteiger partial charge in [-0.3, -0.25) is 0 Å². The number of carbonyl (C=O) groups is 1. The number of benzene rings is 1. The van der Waals surface area contributed by atoms with Crippen molar-refractivity contribution in [1.82, 2.24) is 5.06 Å². The van der Waals surface area contributed by atoms with Crippen LogP contribution in [0.3, 0.4) is 0 Å². The van der Waals surface area contributed by atoms with Crippen LogP contribution in [0.15, 0.2) is 30.3 Å². The maximum absolute atomic E-state index is 11.6. The molecule has 4 heteroatoms. The van der Waals surface area contributed by atoms with Crippen LogP contribution in [0, 0.1) is 0 Å². The van der Waals surface area contributed by atoms with Gasteiger partial charge in [0, 0.05) is 13.5 Å². The summed E-state index contributed by atoms with van der Waals surface area (Å²) in [6.07, 6.45) is 0.816. The van der Waals surface area contributed by atoms with Crippen LogP contribution in [0.2, 0.25) is 0 Å². The predicted molar refractivity (Wildman–Crippen MR) is 54.0 cm³/mol. The fourth-order valence-electron chi connectivity index (χ4n) is 1.33. The Morgan fingerprint density at radius 2 is 2.13 bits per heavy atom. The molecule has 0 N–H and O–H groups in total. The lowest BCUT2D eigenvalue weighted by Gasteiger charge is -2.32. The van der Waals surface area contributed by atoms with E-state index in [-0.39, 0.29) is 12.2 Å². The van der Waals surface area contributed by atoms with Crippen molar-refractivity contribution < 1.29 is 14.4 Å². The van der Waals surface area contributed by atoms with Crippen LogP contribution in [-0.2, 0) is 9.57 Å². The number of hydroxylamine groups is 2. The molecule has 0 bridgehead atoms. The summed E-state index contributed by atoms with van der Waals surface area (Å²) >= 11 is 0. The summed E-state index contributed by atoms with van der Waals surface area (Å²) in [5.74, 6) is -0.353. The molecular weight excluding hydrogens is 194 g/mol. The summed E-state index contributed by atoms with van der Waals surface area (Å²) in [7, 11) is 1.70. The van der Waals surface area contributed by atoms with Gasteiger partial charge < -0.3 is 9.57 Å². The second kappa shape index (κ2) is 4.42. The molecule has 1 aliphatic heterocycles. The van der Waals surface area contributed by atoms with Crippen molar-refractivity contribution in [2.45, 2.75) is 12.6 Å². The van der Waals surface area contributed by atoms with E-state index in [1.54, 1.807) is 31.3 Å². The van der Waals surface area contributed by atoms with Gasteiger partial charge in [-0.25, -0.2) is 4.79 Å². The van der Waals surface area contributed by atoms with Crippen molar-refractivity contribution in [1.29, 1.82) is 0 Å². The van der Waals surface area contributed by atoms with Crippen molar-refractivity contribution in [2.75, 3.05) is 13.7 Å². The van der Waals surface area contributed by atoms with Crippen molar-refractivity contribution in [3.63, 3.8) is 0 Å². The van der Waals surface area contributed by atoms with Gasteiger partial charge in [0.15, 0.2) is 0 Å². The van der Waals surface area contributed by atoms with Crippen molar-refractivity contribution in [3.8, 4) is 0 Å². The third kappa shape index (κ3) is 2.34. The zero-order valence-electron chi connectivity index (χ0n) is 8.55. The smallest absolute Gasteiger partial charge is 0.357 e. The first kappa shape index (κ1) is 10.1. The summed E-state index contributed by atoms with van der Waals surface area (Å²) < 4.78 is 5.18. The van der Waals surface area contributed by atoms with E-state index < -0.39 is 0 Å². The lowest BCUT2D eigenvalue weighted by molar-refractivity contribution is -0.248. The standard InChI is InChI=1S/C11H13NO3/c1-12(10-7-8-14-10)15-11(13)9-5-3-2-4-6-9/h2-6,10H,7-8H2,1H3. The van der Waals surface area contributed by atoms with Gasteiger partial charge in [0.05, 0.1) is 12.2 Å². The Balaban J connectivity index is 1.91. The zero-order valence-corrected chi connectivity index (χ0v) is 8.55. The topological polar surface area (TPSA) is 38.8 Å². The molecule has 1 aliphatic rings. The normalized spacial score (nSPS) is 19.7. The van der Waals surface area contributed by atoms with E-state index in [1.807, 2.05) is 6.07 Å². The average Bonchev–Trinajstić information content (AvgIpc) is 2.16. The molecule has 0 aromatic heterocycles. The van der Waals surface area contributed by atoms with Crippen LogP contribution < -0.4 is 0 Å². The third-order valence-electron chi connectivity index (χ3n) is 2.32. The molecule has 0 amide bonds. The minimum atomic E-state index is -0.353. The zero-order chi connectivity index (χ0) is 10.7. The molecule has 15 heavy (non-hydrogen) atoms. The molecule has 80 valence electrons. The maximum atomic E-state index is 11.6. The fraction of sp³-hybridized carbons (Fsp3) is 0.364. The summed E-state index contributed by atoms with van der Waals surface area (Å²) in [5, 5.41) is 1.46. The van der Waals surface area contributed by atoms with E-state index in [1.165, 1.54) is 5.06 Å². The predicted octanol–water partition coefficient (Wildman–Crippen LogP) is 1.44. The Morgan fingerprint density at radius 3 is 2.67 bits per heavy atom. The number of nitrogens with zero attached hydrogens (tertiary/aromatic N) is 1. The van der Waals surface area contributed by atoms with Crippen molar-refractivity contribution in [2.24, 2.45) is 0 Å². The van der Waals surface area contributed by atoms with Gasteiger partial charge in [-0.15, -0.1) is 5.06 Å². The maximum Gasteiger partial charge on any atom is 0.357 e.